The van der Waals surface area contributed by atoms with Gasteiger partial charge in [0.15, 0.2) is 0 Å². The van der Waals surface area contributed by atoms with E-state index >= 15 is 0 Å². The molecule has 0 radical (unpaired) electrons. The largest absolute Gasteiger partial charge is 0.416 e. The number of hydrogen-bond donors (Lipinski definition) is 0. The maximum Gasteiger partial charge on any atom is 0.416 e. The molecule has 0 atom stereocenters. The van der Waals surface area contributed by atoms with Crippen LogP contribution in [0.15, 0.2) is 140 Å². The van der Waals surface area contributed by atoms with Crippen LogP contribution in [0.1, 0.15) is 16.7 Å². The molecule has 8 aromatic carbocycles. The summed E-state index contributed by atoms with van der Waals surface area (Å²) in [5.74, 6) is 0. The smallest absolute Gasteiger partial charge is 0.166 e. The number of rotatable bonds is 4. The van der Waals surface area contributed by atoms with Gasteiger partial charge in [-0.15, -0.1) is 0 Å². The van der Waals surface area contributed by atoms with Crippen molar-refractivity contribution >= 4 is 32.3 Å². The van der Waals surface area contributed by atoms with Crippen molar-refractivity contribution in [2.45, 2.75) is 20.0 Å². The number of benzene rings is 8. The fraction of sp³-hybridized carbons (Fsp3) is 0.0698. The van der Waals surface area contributed by atoms with Crippen LogP contribution in [-0.4, -0.2) is 0 Å². The highest BCUT2D eigenvalue weighted by molar-refractivity contribution is 6.31. The predicted molar refractivity (Wildman–Crippen MR) is 186 cm³/mol. The van der Waals surface area contributed by atoms with E-state index in [1.54, 1.807) is 12.1 Å². The van der Waals surface area contributed by atoms with Gasteiger partial charge in [-0.1, -0.05) is 126 Å². The van der Waals surface area contributed by atoms with Crippen LogP contribution in [0.5, 0.6) is 0 Å². The lowest BCUT2D eigenvalue weighted by atomic mass is 9.82. The second-order valence-electron chi connectivity index (χ2n) is 12.2. The monoisotopic (exact) mass is 602 g/mol. The fourth-order valence-corrected chi connectivity index (χ4v) is 6.87. The van der Waals surface area contributed by atoms with Gasteiger partial charge in [0.2, 0.25) is 0 Å². The summed E-state index contributed by atoms with van der Waals surface area (Å²) in [6.07, 6.45) is -4.39. The first-order chi connectivity index (χ1) is 22.3. The summed E-state index contributed by atoms with van der Waals surface area (Å²) < 4.78 is 40.6. The summed E-state index contributed by atoms with van der Waals surface area (Å²) in [7, 11) is 0. The van der Waals surface area contributed by atoms with Gasteiger partial charge in [0.05, 0.1) is 5.56 Å². The molecule has 8 rings (SSSR count). The van der Waals surface area contributed by atoms with Crippen molar-refractivity contribution in [2.24, 2.45) is 0 Å². The lowest BCUT2D eigenvalue weighted by Crippen LogP contribution is -2.04. The molecule has 8 aromatic rings. The molecule has 0 amide bonds. The molecule has 0 unspecified atom stereocenters. The molecule has 0 aromatic heterocycles. The van der Waals surface area contributed by atoms with Crippen LogP contribution in [0, 0.1) is 13.8 Å². The van der Waals surface area contributed by atoms with Gasteiger partial charge in [0.1, 0.15) is 0 Å². The Morgan fingerprint density at radius 1 is 0.370 bits per heavy atom. The summed E-state index contributed by atoms with van der Waals surface area (Å²) in [5.41, 5.74) is 10.1. The third-order valence-electron chi connectivity index (χ3n) is 9.23. The minimum atomic E-state index is -4.39. The Kier molecular flexibility index (Phi) is 6.47. The van der Waals surface area contributed by atoms with Crippen LogP contribution < -0.4 is 0 Å². The van der Waals surface area contributed by atoms with Crippen LogP contribution in [0.2, 0.25) is 0 Å². The lowest BCUT2D eigenvalue weighted by Gasteiger charge is -2.21. The Bertz CT molecular complexity index is 2300. The van der Waals surface area contributed by atoms with E-state index in [4.69, 9.17) is 0 Å². The molecule has 0 aliphatic rings. The van der Waals surface area contributed by atoms with Gasteiger partial charge < -0.3 is 0 Å². The molecule has 222 valence electrons. The molecule has 0 heterocycles. The fourth-order valence-electron chi connectivity index (χ4n) is 6.87. The molecule has 0 saturated heterocycles. The zero-order valence-electron chi connectivity index (χ0n) is 25.4. The molecular formula is C43H29F3. The average Bonchev–Trinajstić information content (AvgIpc) is 3.07. The van der Waals surface area contributed by atoms with Gasteiger partial charge in [-0.2, -0.15) is 13.2 Å². The summed E-state index contributed by atoms with van der Waals surface area (Å²) in [6, 6.07) is 46.4. The topological polar surface area (TPSA) is 0 Å². The van der Waals surface area contributed by atoms with Crippen molar-refractivity contribution in [3.8, 4) is 44.5 Å². The molecule has 0 nitrogen and oxygen atoms in total. The second kappa shape index (κ2) is 10.6. The number of halogens is 3. The van der Waals surface area contributed by atoms with Gasteiger partial charge in [0.25, 0.3) is 0 Å². The molecule has 46 heavy (non-hydrogen) atoms. The first-order valence-corrected chi connectivity index (χ1v) is 15.4. The number of aryl methyl sites for hydroxylation is 2. The first-order valence-electron chi connectivity index (χ1n) is 15.4. The van der Waals surface area contributed by atoms with E-state index < -0.39 is 11.7 Å². The maximum absolute atomic E-state index is 13.5. The van der Waals surface area contributed by atoms with Crippen molar-refractivity contribution in [1.29, 1.82) is 0 Å². The summed E-state index contributed by atoms with van der Waals surface area (Å²) in [5, 5.41) is 6.71. The highest BCUT2D eigenvalue weighted by Gasteiger charge is 2.30. The van der Waals surface area contributed by atoms with E-state index in [0.29, 0.717) is 0 Å². The van der Waals surface area contributed by atoms with Gasteiger partial charge in [-0.25, -0.2) is 0 Å². The predicted octanol–water partition coefficient (Wildman–Crippen LogP) is 12.9. The lowest BCUT2D eigenvalue weighted by molar-refractivity contribution is -0.137. The highest BCUT2D eigenvalue weighted by Crippen LogP contribution is 2.48. The van der Waals surface area contributed by atoms with Crippen LogP contribution in [-0.2, 0) is 6.18 Å². The molecule has 3 heteroatoms. The van der Waals surface area contributed by atoms with Crippen molar-refractivity contribution < 1.29 is 13.2 Å². The summed E-state index contributed by atoms with van der Waals surface area (Å²) in [4.78, 5) is 0. The second-order valence-corrected chi connectivity index (χ2v) is 12.2. The molecule has 0 saturated carbocycles. The molecule has 0 aliphatic heterocycles. The van der Waals surface area contributed by atoms with Crippen LogP contribution in [0.4, 0.5) is 13.2 Å². The average molecular weight is 603 g/mol. The first kappa shape index (κ1) is 28.1. The SMILES string of the molecule is Cc1ccc(-c2cc(-c3ccc(C)cc3)c3ccc4c(-c5ccc(C(F)(F)F)cc5)cc(-c5ccccc5)c5ccc2c3c54)cc1. The molecule has 0 fully saturated rings. The van der Waals surface area contributed by atoms with Gasteiger partial charge in [0, 0.05) is 0 Å². The van der Waals surface area contributed by atoms with Crippen molar-refractivity contribution in [2.75, 3.05) is 0 Å². The number of alkyl halides is 3. The summed E-state index contributed by atoms with van der Waals surface area (Å²) in [6.45, 7) is 4.19. The third kappa shape index (κ3) is 4.62. The zero-order valence-corrected chi connectivity index (χ0v) is 25.4. The van der Waals surface area contributed by atoms with Crippen LogP contribution >= 0.6 is 0 Å². The quantitative estimate of drug-likeness (QED) is 0.176. The standard InChI is InChI=1S/C43H29F3/c1-26-8-12-29(13-9-26)38-25-39(30-14-10-27(2)11-15-30)35-22-23-36-40(31-16-18-32(19-17-31)43(44,45)46)24-37(28-6-4-3-5-7-28)33-20-21-34(38)42(35)41(33)36/h3-25H,1-2H3. The Hall–Kier alpha value is -5.41. The van der Waals surface area contributed by atoms with Crippen molar-refractivity contribution in [1.82, 2.24) is 0 Å². The molecule has 0 spiro atoms. The van der Waals surface area contributed by atoms with E-state index in [1.165, 1.54) is 23.3 Å². The van der Waals surface area contributed by atoms with Gasteiger partial charge in [-0.3, -0.25) is 0 Å². The van der Waals surface area contributed by atoms with Crippen LogP contribution in [0.25, 0.3) is 76.8 Å². The van der Waals surface area contributed by atoms with E-state index in [2.05, 4.69) is 111 Å². The van der Waals surface area contributed by atoms with Gasteiger partial charge in [-0.05, 0) is 115 Å². The Balaban J connectivity index is 1.53. The highest BCUT2D eigenvalue weighted by atomic mass is 19.4. The Morgan fingerprint density at radius 2 is 0.696 bits per heavy atom. The van der Waals surface area contributed by atoms with E-state index in [9.17, 15) is 13.2 Å². The van der Waals surface area contributed by atoms with Crippen molar-refractivity contribution in [3.05, 3.63) is 156 Å². The molecule has 0 N–H and O–H groups in total. The Labute approximate surface area is 265 Å². The van der Waals surface area contributed by atoms with E-state index in [-0.39, 0.29) is 0 Å². The molecule has 0 aliphatic carbocycles. The molecular weight excluding hydrogens is 573 g/mol. The minimum Gasteiger partial charge on any atom is -0.166 e. The Morgan fingerprint density at radius 3 is 1.04 bits per heavy atom. The van der Waals surface area contributed by atoms with Crippen LogP contribution in [0.3, 0.4) is 0 Å². The maximum atomic E-state index is 13.5. The number of hydrogen-bond acceptors (Lipinski definition) is 0. The third-order valence-corrected chi connectivity index (χ3v) is 9.23. The van der Waals surface area contributed by atoms with Crippen molar-refractivity contribution in [3.63, 3.8) is 0 Å². The summed E-state index contributed by atoms with van der Waals surface area (Å²) >= 11 is 0. The minimum absolute atomic E-state index is 0.650. The van der Waals surface area contributed by atoms with E-state index in [1.807, 2.05) is 18.2 Å². The zero-order chi connectivity index (χ0) is 31.6. The van der Waals surface area contributed by atoms with E-state index in [0.717, 1.165) is 76.8 Å². The normalized spacial score (nSPS) is 12.0. The molecule has 0 bridgehead atoms. The van der Waals surface area contributed by atoms with Gasteiger partial charge >= 0.3 is 6.18 Å².